The van der Waals surface area contributed by atoms with Crippen LogP contribution in [0.3, 0.4) is 0 Å². The lowest BCUT2D eigenvalue weighted by molar-refractivity contribution is -0.237. The van der Waals surface area contributed by atoms with Crippen molar-refractivity contribution in [2.24, 2.45) is 17.3 Å². The fourth-order valence-corrected chi connectivity index (χ4v) is 6.67. The van der Waals surface area contributed by atoms with Crippen LogP contribution in [0, 0.1) is 17.3 Å². The maximum absolute atomic E-state index is 11.2. The molecule has 3 aliphatic carbocycles. The average molecular weight is 356 g/mol. The Balaban J connectivity index is 1.44. The van der Waals surface area contributed by atoms with Crippen LogP contribution in [0.5, 0.6) is 5.75 Å². The molecule has 0 bridgehead atoms. The predicted molar refractivity (Wildman–Crippen MR) is 97.0 cm³/mol. The van der Waals surface area contributed by atoms with E-state index < -0.39 is 0 Å². The van der Waals surface area contributed by atoms with Crippen LogP contribution in [0.2, 0.25) is 0 Å². The van der Waals surface area contributed by atoms with Gasteiger partial charge in [-0.15, -0.1) is 0 Å². The third-order valence-corrected chi connectivity index (χ3v) is 7.76. The lowest BCUT2D eigenvalue weighted by Gasteiger charge is -2.52. The molecule has 4 heteroatoms. The summed E-state index contributed by atoms with van der Waals surface area (Å²) in [5.41, 5.74) is 3.00. The first kappa shape index (κ1) is 16.8. The molecule has 4 atom stereocenters. The molecular weight excluding hydrogens is 328 g/mol. The fraction of sp³-hybridized carbons (Fsp3) is 0.682. The number of carbonyl (C=O) groups excluding carboxylic acids is 1. The van der Waals surface area contributed by atoms with Gasteiger partial charge < -0.3 is 14.2 Å². The summed E-state index contributed by atoms with van der Waals surface area (Å²) in [4.78, 5) is 11.2. The molecule has 5 rings (SSSR count). The molecule has 0 aromatic heterocycles. The second-order valence-electron chi connectivity index (χ2n) is 8.81. The number of rotatable bonds is 1. The first-order chi connectivity index (χ1) is 12.5. The molecule has 4 nitrogen and oxygen atoms in total. The number of benzene rings is 1. The fourth-order valence-electron chi connectivity index (χ4n) is 6.67. The van der Waals surface area contributed by atoms with E-state index in [9.17, 15) is 4.79 Å². The van der Waals surface area contributed by atoms with Crippen molar-refractivity contribution in [3.8, 4) is 5.75 Å². The lowest BCUT2D eigenvalue weighted by Crippen LogP contribution is -2.51. The quantitative estimate of drug-likeness (QED) is 0.558. The highest BCUT2D eigenvalue weighted by Gasteiger charge is 2.64. The molecule has 1 heterocycles. The van der Waals surface area contributed by atoms with Crippen molar-refractivity contribution in [1.82, 2.24) is 0 Å². The van der Waals surface area contributed by atoms with Gasteiger partial charge in [-0.25, -0.2) is 0 Å². The summed E-state index contributed by atoms with van der Waals surface area (Å²) in [7, 11) is 0. The minimum Gasteiger partial charge on any atom is -0.427 e. The molecule has 1 saturated heterocycles. The highest BCUT2D eigenvalue weighted by Crippen LogP contribution is 2.66. The Bertz CT molecular complexity index is 736. The second-order valence-corrected chi connectivity index (χ2v) is 8.81. The number of carbonyl (C=O) groups is 1. The van der Waals surface area contributed by atoms with Gasteiger partial charge in [0.15, 0.2) is 5.79 Å². The van der Waals surface area contributed by atoms with E-state index in [2.05, 4.69) is 19.1 Å². The van der Waals surface area contributed by atoms with E-state index in [4.69, 9.17) is 14.2 Å². The zero-order chi connectivity index (χ0) is 17.9. The van der Waals surface area contributed by atoms with Crippen LogP contribution in [-0.4, -0.2) is 25.0 Å². The first-order valence-corrected chi connectivity index (χ1v) is 10.1. The van der Waals surface area contributed by atoms with Gasteiger partial charge in [0.2, 0.25) is 0 Å². The van der Waals surface area contributed by atoms with Crippen molar-refractivity contribution in [2.75, 3.05) is 13.2 Å². The largest absolute Gasteiger partial charge is 0.427 e. The zero-order valence-corrected chi connectivity index (χ0v) is 15.8. The first-order valence-electron chi connectivity index (χ1n) is 10.1. The molecule has 0 N–H and O–H groups in total. The van der Waals surface area contributed by atoms with Crippen LogP contribution in [-0.2, 0) is 20.7 Å². The monoisotopic (exact) mass is 356 g/mol. The van der Waals surface area contributed by atoms with Gasteiger partial charge in [0, 0.05) is 18.8 Å². The summed E-state index contributed by atoms with van der Waals surface area (Å²) in [5.74, 6) is 2.14. The van der Waals surface area contributed by atoms with Crippen molar-refractivity contribution in [2.45, 2.75) is 64.1 Å². The molecule has 1 spiro atoms. The Morgan fingerprint density at radius 1 is 1.15 bits per heavy atom. The second kappa shape index (κ2) is 5.80. The van der Waals surface area contributed by atoms with Crippen LogP contribution in [0.15, 0.2) is 18.2 Å². The van der Waals surface area contributed by atoms with Gasteiger partial charge in [0.25, 0.3) is 0 Å². The molecule has 140 valence electrons. The number of hydrogen-bond donors (Lipinski definition) is 0. The molecular formula is C22H28O4. The maximum Gasteiger partial charge on any atom is 0.308 e. The molecule has 1 aliphatic heterocycles. The lowest BCUT2D eigenvalue weighted by atomic mass is 9.55. The molecule has 1 aromatic carbocycles. The third kappa shape index (κ3) is 2.24. The van der Waals surface area contributed by atoms with Crippen LogP contribution in [0.25, 0.3) is 0 Å². The number of aryl methyl sites for hydroxylation is 1. The van der Waals surface area contributed by atoms with Crippen LogP contribution in [0.4, 0.5) is 0 Å². The average Bonchev–Trinajstić information content (AvgIpc) is 3.21. The summed E-state index contributed by atoms with van der Waals surface area (Å²) >= 11 is 0. The van der Waals surface area contributed by atoms with Crippen LogP contribution in [0.1, 0.15) is 63.0 Å². The minimum absolute atomic E-state index is 0.153. The van der Waals surface area contributed by atoms with Crippen molar-refractivity contribution < 1.29 is 19.0 Å². The normalized spacial score (nSPS) is 37.1. The number of fused-ring (bicyclic) bond motifs is 6. The van der Waals surface area contributed by atoms with Crippen molar-refractivity contribution in [1.29, 1.82) is 0 Å². The summed E-state index contributed by atoms with van der Waals surface area (Å²) in [6.07, 6.45) is 6.94. The summed E-state index contributed by atoms with van der Waals surface area (Å²) in [6.45, 7) is 5.38. The van der Waals surface area contributed by atoms with E-state index in [-0.39, 0.29) is 17.2 Å². The highest BCUT2D eigenvalue weighted by atomic mass is 16.7. The van der Waals surface area contributed by atoms with Crippen molar-refractivity contribution >= 4 is 5.97 Å². The minimum atomic E-state index is -0.317. The summed E-state index contributed by atoms with van der Waals surface area (Å²) < 4.78 is 17.7. The van der Waals surface area contributed by atoms with Gasteiger partial charge >= 0.3 is 5.97 Å². The standard InChI is InChI=1S/C22H28O4/c1-14(23)26-16-4-6-17-15(13-16)3-5-19-18(17)7-9-21(2)20(19)8-10-22(21)24-11-12-25-22/h4,6,13,18-20H,3,5,7-12H2,1-2H3/t18-,19-,20-,21+/m1/s1. The van der Waals surface area contributed by atoms with E-state index in [1.54, 1.807) is 0 Å². The van der Waals surface area contributed by atoms with E-state index in [0.717, 1.165) is 26.1 Å². The molecule has 0 amide bonds. The third-order valence-electron chi connectivity index (χ3n) is 7.76. The Hall–Kier alpha value is -1.39. The number of hydrogen-bond acceptors (Lipinski definition) is 4. The van der Waals surface area contributed by atoms with Gasteiger partial charge in [-0.3, -0.25) is 4.79 Å². The van der Waals surface area contributed by atoms with E-state index in [0.29, 0.717) is 23.5 Å². The smallest absolute Gasteiger partial charge is 0.308 e. The number of esters is 1. The van der Waals surface area contributed by atoms with E-state index in [1.165, 1.54) is 43.7 Å². The molecule has 1 aromatic rings. The number of ether oxygens (including phenoxy) is 3. The molecule has 26 heavy (non-hydrogen) atoms. The Labute approximate surface area is 155 Å². The van der Waals surface area contributed by atoms with Gasteiger partial charge in [-0.2, -0.15) is 0 Å². The van der Waals surface area contributed by atoms with Gasteiger partial charge in [0.05, 0.1) is 13.2 Å². The van der Waals surface area contributed by atoms with Gasteiger partial charge in [0.1, 0.15) is 5.75 Å². The zero-order valence-electron chi connectivity index (χ0n) is 15.8. The van der Waals surface area contributed by atoms with Crippen molar-refractivity contribution in [3.05, 3.63) is 29.3 Å². The van der Waals surface area contributed by atoms with Gasteiger partial charge in [-0.05, 0) is 73.1 Å². The van der Waals surface area contributed by atoms with Crippen LogP contribution >= 0.6 is 0 Å². The molecule has 4 aliphatic rings. The Kier molecular flexibility index (Phi) is 3.74. The SMILES string of the molecule is CC(=O)Oc1ccc2c(c1)CC[C@@H]1[C@@H]2CC[C@@]2(C)[C@@H]1CCC21OCCO1. The molecule has 0 unspecified atom stereocenters. The Morgan fingerprint density at radius 3 is 2.73 bits per heavy atom. The molecule has 3 fully saturated rings. The Morgan fingerprint density at radius 2 is 1.96 bits per heavy atom. The molecule has 2 saturated carbocycles. The van der Waals surface area contributed by atoms with Crippen LogP contribution < -0.4 is 4.74 Å². The van der Waals surface area contributed by atoms with E-state index in [1.807, 2.05) is 6.07 Å². The van der Waals surface area contributed by atoms with Crippen molar-refractivity contribution in [3.63, 3.8) is 0 Å². The highest BCUT2D eigenvalue weighted by molar-refractivity contribution is 5.69. The topological polar surface area (TPSA) is 44.8 Å². The maximum atomic E-state index is 11.2. The summed E-state index contributed by atoms with van der Waals surface area (Å²) in [6, 6.07) is 6.26. The predicted octanol–water partition coefficient (Wildman–Crippen LogP) is 4.21. The van der Waals surface area contributed by atoms with E-state index >= 15 is 0 Å². The summed E-state index contributed by atoms with van der Waals surface area (Å²) in [5, 5.41) is 0. The molecule has 0 radical (unpaired) electrons. The van der Waals surface area contributed by atoms with Gasteiger partial charge in [-0.1, -0.05) is 13.0 Å².